The van der Waals surface area contributed by atoms with Crippen molar-refractivity contribution in [1.82, 2.24) is 10.2 Å². The number of amides is 1. The topological polar surface area (TPSA) is 41.6 Å². The Hall–Kier alpha value is -1.81. The standard InChI is InChI=1S/C20H28N2O2/c1-3-13-24-18-8-6-5-7-16(18)15-22(4-2)19(23)17-14-20(17)9-11-21-12-10-20/h3,5-8,17,21H,1,4,9-15H2,2H3. The molecule has 1 aromatic carbocycles. The van der Waals surface area contributed by atoms with E-state index in [2.05, 4.69) is 18.8 Å². The number of para-hydroxylation sites is 1. The SMILES string of the molecule is C=CCOc1ccccc1CN(CC)C(=O)C1CC12CCNCC2. The van der Waals surface area contributed by atoms with Gasteiger partial charge in [-0.15, -0.1) is 0 Å². The zero-order valence-electron chi connectivity index (χ0n) is 14.6. The second kappa shape index (κ2) is 7.39. The summed E-state index contributed by atoms with van der Waals surface area (Å²) in [6.45, 7) is 9.69. The van der Waals surface area contributed by atoms with E-state index in [9.17, 15) is 4.79 Å². The molecule has 1 saturated heterocycles. The van der Waals surface area contributed by atoms with E-state index >= 15 is 0 Å². The molecule has 1 aliphatic carbocycles. The molecule has 24 heavy (non-hydrogen) atoms. The van der Waals surface area contributed by atoms with E-state index in [4.69, 9.17) is 4.74 Å². The minimum atomic E-state index is 0.223. The lowest BCUT2D eigenvalue weighted by molar-refractivity contribution is -0.134. The molecule has 1 unspecified atom stereocenters. The lowest BCUT2D eigenvalue weighted by Crippen LogP contribution is -2.36. The van der Waals surface area contributed by atoms with Gasteiger partial charge in [-0.05, 0) is 50.8 Å². The Balaban J connectivity index is 1.67. The molecule has 1 spiro atoms. The molecule has 1 heterocycles. The molecular weight excluding hydrogens is 300 g/mol. The highest BCUT2D eigenvalue weighted by molar-refractivity contribution is 5.82. The normalized spacial score (nSPS) is 21.3. The Morgan fingerprint density at radius 3 is 2.88 bits per heavy atom. The molecule has 1 amide bonds. The number of ether oxygens (including phenoxy) is 1. The number of piperidine rings is 1. The molecule has 0 bridgehead atoms. The van der Waals surface area contributed by atoms with E-state index in [1.165, 1.54) is 0 Å². The van der Waals surface area contributed by atoms with Crippen LogP contribution in [0.1, 0.15) is 31.7 Å². The highest BCUT2D eigenvalue weighted by Crippen LogP contribution is 2.59. The van der Waals surface area contributed by atoms with Crippen molar-refractivity contribution in [2.45, 2.75) is 32.7 Å². The van der Waals surface area contributed by atoms with Crippen molar-refractivity contribution in [3.05, 3.63) is 42.5 Å². The van der Waals surface area contributed by atoms with Gasteiger partial charge in [-0.25, -0.2) is 0 Å². The second-order valence-corrected chi connectivity index (χ2v) is 6.93. The van der Waals surface area contributed by atoms with Crippen LogP contribution in [0.15, 0.2) is 36.9 Å². The van der Waals surface area contributed by atoms with Crippen LogP contribution >= 0.6 is 0 Å². The van der Waals surface area contributed by atoms with E-state index in [0.29, 0.717) is 19.1 Å². The molecule has 130 valence electrons. The Kier molecular flexibility index (Phi) is 5.24. The third-order valence-electron chi connectivity index (χ3n) is 5.47. The lowest BCUT2D eigenvalue weighted by Gasteiger charge is -2.27. The van der Waals surface area contributed by atoms with Crippen LogP contribution < -0.4 is 10.1 Å². The van der Waals surface area contributed by atoms with Crippen molar-refractivity contribution in [3.63, 3.8) is 0 Å². The minimum absolute atomic E-state index is 0.223. The predicted octanol–water partition coefficient (Wildman–Crippen LogP) is 2.99. The summed E-state index contributed by atoms with van der Waals surface area (Å²) in [6.07, 6.45) is 5.09. The fourth-order valence-electron chi connectivity index (χ4n) is 3.87. The van der Waals surface area contributed by atoms with Crippen LogP contribution in [-0.4, -0.2) is 37.0 Å². The average molecular weight is 328 g/mol. The smallest absolute Gasteiger partial charge is 0.226 e. The molecule has 1 N–H and O–H groups in total. The second-order valence-electron chi connectivity index (χ2n) is 6.93. The van der Waals surface area contributed by atoms with Gasteiger partial charge in [-0.3, -0.25) is 4.79 Å². The molecule has 2 fully saturated rings. The zero-order valence-corrected chi connectivity index (χ0v) is 14.6. The number of hydrogen-bond donors (Lipinski definition) is 1. The summed E-state index contributed by atoms with van der Waals surface area (Å²) in [5.74, 6) is 1.38. The molecule has 2 aliphatic rings. The summed E-state index contributed by atoms with van der Waals surface area (Å²) in [7, 11) is 0. The quantitative estimate of drug-likeness (QED) is 0.783. The molecule has 3 rings (SSSR count). The average Bonchev–Trinajstić information content (AvgIpc) is 3.31. The van der Waals surface area contributed by atoms with E-state index in [0.717, 1.165) is 50.2 Å². The summed E-state index contributed by atoms with van der Waals surface area (Å²) in [6, 6.07) is 7.97. The Morgan fingerprint density at radius 1 is 1.42 bits per heavy atom. The highest BCUT2D eigenvalue weighted by Gasteiger charge is 2.58. The van der Waals surface area contributed by atoms with Gasteiger partial charge in [-0.1, -0.05) is 30.9 Å². The number of nitrogens with zero attached hydrogens (tertiary/aromatic N) is 1. The number of benzene rings is 1. The van der Waals surface area contributed by atoms with Crippen molar-refractivity contribution in [1.29, 1.82) is 0 Å². The largest absolute Gasteiger partial charge is 0.489 e. The van der Waals surface area contributed by atoms with Crippen LogP contribution in [0.25, 0.3) is 0 Å². The van der Waals surface area contributed by atoms with Gasteiger partial charge in [0.2, 0.25) is 5.91 Å². The van der Waals surface area contributed by atoms with Gasteiger partial charge in [0, 0.05) is 24.6 Å². The summed E-state index contributed by atoms with van der Waals surface area (Å²) in [4.78, 5) is 15.0. The van der Waals surface area contributed by atoms with Crippen LogP contribution in [0.3, 0.4) is 0 Å². The first-order valence-electron chi connectivity index (χ1n) is 9.01. The van der Waals surface area contributed by atoms with E-state index in [1.54, 1.807) is 6.08 Å². The maximum Gasteiger partial charge on any atom is 0.226 e. The van der Waals surface area contributed by atoms with E-state index in [-0.39, 0.29) is 11.3 Å². The summed E-state index contributed by atoms with van der Waals surface area (Å²) >= 11 is 0. The summed E-state index contributed by atoms with van der Waals surface area (Å²) in [5.41, 5.74) is 1.35. The monoisotopic (exact) mass is 328 g/mol. The number of rotatable bonds is 7. The minimum Gasteiger partial charge on any atom is -0.489 e. The third-order valence-corrected chi connectivity index (χ3v) is 5.47. The fourth-order valence-corrected chi connectivity index (χ4v) is 3.87. The zero-order chi connectivity index (χ0) is 17.0. The molecule has 0 radical (unpaired) electrons. The van der Waals surface area contributed by atoms with Crippen LogP contribution in [0.5, 0.6) is 5.75 Å². The lowest BCUT2D eigenvalue weighted by atomic mass is 9.91. The molecule has 0 aromatic heterocycles. The first-order valence-corrected chi connectivity index (χ1v) is 9.01. The van der Waals surface area contributed by atoms with Gasteiger partial charge in [-0.2, -0.15) is 0 Å². The van der Waals surface area contributed by atoms with Gasteiger partial charge >= 0.3 is 0 Å². The van der Waals surface area contributed by atoms with Crippen molar-refractivity contribution < 1.29 is 9.53 Å². The fraction of sp³-hybridized carbons (Fsp3) is 0.550. The van der Waals surface area contributed by atoms with Gasteiger partial charge in [0.05, 0.1) is 0 Å². The molecule has 1 atom stereocenters. The number of carbonyl (C=O) groups is 1. The maximum atomic E-state index is 13.0. The van der Waals surface area contributed by atoms with Crippen LogP contribution in [0.2, 0.25) is 0 Å². The molecule has 1 aliphatic heterocycles. The molecule has 4 heteroatoms. The Morgan fingerprint density at radius 2 is 2.17 bits per heavy atom. The maximum absolute atomic E-state index is 13.0. The number of nitrogens with one attached hydrogen (secondary N) is 1. The highest BCUT2D eigenvalue weighted by atomic mass is 16.5. The Labute approximate surface area is 144 Å². The van der Waals surface area contributed by atoms with Crippen molar-refractivity contribution >= 4 is 5.91 Å². The Bertz CT molecular complexity index is 593. The summed E-state index contributed by atoms with van der Waals surface area (Å²) in [5, 5.41) is 3.40. The predicted molar refractivity (Wildman–Crippen MR) is 95.9 cm³/mol. The van der Waals surface area contributed by atoms with Gasteiger partial charge in [0.15, 0.2) is 0 Å². The third kappa shape index (κ3) is 3.48. The molecular formula is C20H28N2O2. The first-order chi connectivity index (χ1) is 11.7. The van der Waals surface area contributed by atoms with Gasteiger partial charge in [0.1, 0.15) is 12.4 Å². The molecule has 1 saturated carbocycles. The van der Waals surface area contributed by atoms with Gasteiger partial charge < -0.3 is 15.0 Å². The number of hydrogen-bond acceptors (Lipinski definition) is 3. The van der Waals surface area contributed by atoms with Crippen molar-refractivity contribution in [2.75, 3.05) is 26.2 Å². The first kappa shape index (κ1) is 17.0. The molecule has 1 aromatic rings. The van der Waals surface area contributed by atoms with Crippen molar-refractivity contribution in [3.8, 4) is 5.75 Å². The van der Waals surface area contributed by atoms with Crippen LogP contribution in [0.4, 0.5) is 0 Å². The molecule has 4 nitrogen and oxygen atoms in total. The number of carbonyl (C=O) groups excluding carboxylic acids is 1. The summed E-state index contributed by atoms with van der Waals surface area (Å²) < 4.78 is 5.73. The van der Waals surface area contributed by atoms with Crippen LogP contribution in [-0.2, 0) is 11.3 Å². The van der Waals surface area contributed by atoms with Crippen molar-refractivity contribution in [2.24, 2.45) is 11.3 Å². The van der Waals surface area contributed by atoms with Crippen LogP contribution in [0, 0.1) is 11.3 Å². The van der Waals surface area contributed by atoms with Gasteiger partial charge in [0.25, 0.3) is 0 Å². The van der Waals surface area contributed by atoms with E-state index in [1.807, 2.05) is 29.2 Å². The van der Waals surface area contributed by atoms with E-state index < -0.39 is 0 Å².